The first-order valence-electron chi connectivity index (χ1n) is 9.54. The van der Waals surface area contributed by atoms with Crippen LogP contribution in [0.1, 0.15) is 27.0 Å². The van der Waals surface area contributed by atoms with E-state index in [4.69, 9.17) is 0 Å². The maximum Gasteiger partial charge on any atom is 0.255 e. The molecule has 1 aromatic heterocycles. The summed E-state index contributed by atoms with van der Waals surface area (Å²) in [6.07, 6.45) is 0. The number of aromatic nitrogens is 4. The molecule has 0 unspecified atom stereocenters. The van der Waals surface area contributed by atoms with Crippen LogP contribution in [0.2, 0.25) is 0 Å². The van der Waals surface area contributed by atoms with Crippen molar-refractivity contribution in [2.24, 2.45) is 0 Å². The predicted molar refractivity (Wildman–Crippen MR) is 119 cm³/mol. The fourth-order valence-corrected chi connectivity index (χ4v) is 3.90. The van der Waals surface area contributed by atoms with E-state index in [0.717, 1.165) is 27.7 Å². The third-order valence-corrected chi connectivity index (χ3v) is 5.65. The minimum Gasteiger partial charge on any atom is -0.322 e. The molecule has 0 atom stereocenters. The van der Waals surface area contributed by atoms with Gasteiger partial charge in [0.2, 0.25) is 5.16 Å². The number of nitrogens with zero attached hydrogens (tertiary/aromatic N) is 4. The quantitative estimate of drug-likeness (QED) is 0.457. The number of anilines is 1. The minimum atomic E-state index is -0.117. The van der Waals surface area contributed by atoms with Crippen molar-refractivity contribution in [1.82, 2.24) is 20.2 Å². The highest BCUT2D eigenvalue weighted by Crippen LogP contribution is 2.23. The molecule has 0 aliphatic rings. The zero-order chi connectivity index (χ0) is 20.9. The molecule has 1 amide bonds. The minimum absolute atomic E-state index is 0.117. The van der Waals surface area contributed by atoms with Gasteiger partial charge in [0.1, 0.15) is 0 Å². The van der Waals surface area contributed by atoms with Gasteiger partial charge in [-0.2, -0.15) is 4.68 Å². The monoisotopic (exact) mass is 415 g/mol. The predicted octanol–water partition coefficient (Wildman–Crippen LogP) is 4.82. The highest BCUT2D eigenvalue weighted by Gasteiger charge is 2.11. The first-order chi connectivity index (χ1) is 14.6. The van der Waals surface area contributed by atoms with Crippen LogP contribution in [0, 0.1) is 13.8 Å². The number of tetrazole rings is 1. The van der Waals surface area contributed by atoms with E-state index in [1.165, 1.54) is 5.56 Å². The van der Waals surface area contributed by atoms with Crippen molar-refractivity contribution in [3.8, 4) is 5.69 Å². The molecule has 3 aromatic carbocycles. The zero-order valence-corrected chi connectivity index (χ0v) is 17.6. The average Bonchev–Trinajstić information content (AvgIpc) is 3.24. The van der Waals surface area contributed by atoms with Gasteiger partial charge in [-0.15, -0.1) is 5.10 Å². The summed E-state index contributed by atoms with van der Waals surface area (Å²) in [5.74, 6) is 0.584. The number of amides is 1. The normalized spacial score (nSPS) is 10.7. The number of benzene rings is 3. The molecule has 0 saturated carbocycles. The maximum atomic E-state index is 12.6. The Kier molecular flexibility index (Phi) is 5.90. The Bertz CT molecular complexity index is 1160. The molecule has 1 N–H and O–H groups in total. The van der Waals surface area contributed by atoms with Crippen molar-refractivity contribution in [2.45, 2.75) is 24.8 Å². The van der Waals surface area contributed by atoms with E-state index in [1.807, 2.05) is 80.6 Å². The topological polar surface area (TPSA) is 72.7 Å². The lowest BCUT2D eigenvalue weighted by Gasteiger charge is -2.10. The van der Waals surface area contributed by atoms with Crippen LogP contribution in [0.5, 0.6) is 0 Å². The molecular weight excluding hydrogens is 394 g/mol. The van der Waals surface area contributed by atoms with Crippen LogP contribution in [0.3, 0.4) is 0 Å². The molecule has 4 aromatic rings. The molecule has 0 radical (unpaired) electrons. The molecule has 0 saturated heterocycles. The van der Waals surface area contributed by atoms with Crippen LogP contribution in [0.15, 0.2) is 78.0 Å². The second-order valence-corrected chi connectivity index (χ2v) is 7.91. The number of thioether (sulfide) groups is 1. The first kappa shape index (κ1) is 19.8. The van der Waals surface area contributed by atoms with Gasteiger partial charge in [0, 0.05) is 17.0 Å². The van der Waals surface area contributed by atoms with E-state index in [1.54, 1.807) is 16.4 Å². The molecule has 0 fully saturated rings. The second kappa shape index (κ2) is 8.92. The summed E-state index contributed by atoms with van der Waals surface area (Å²) in [5, 5.41) is 15.7. The number of nitrogens with one attached hydrogen (secondary N) is 1. The summed E-state index contributed by atoms with van der Waals surface area (Å²) in [6, 6.07) is 23.4. The zero-order valence-electron chi connectivity index (χ0n) is 16.7. The third-order valence-electron chi connectivity index (χ3n) is 4.66. The van der Waals surface area contributed by atoms with E-state index in [0.29, 0.717) is 11.3 Å². The van der Waals surface area contributed by atoms with Gasteiger partial charge in [-0.3, -0.25) is 4.79 Å². The van der Waals surface area contributed by atoms with Crippen LogP contribution in [0.4, 0.5) is 5.69 Å². The molecule has 0 bridgehead atoms. The van der Waals surface area contributed by atoms with Crippen molar-refractivity contribution in [2.75, 3.05) is 5.32 Å². The highest BCUT2D eigenvalue weighted by molar-refractivity contribution is 7.98. The van der Waals surface area contributed by atoms with Crippen LogP contribution >= 0.6 is 11.8 Å². The number of aryl methyl sites for hydroxylation is 2. The smallest absolute Gasteiger partial charge is 0.255 e. The Labute approximate surface area is 179 Å². The van der Waals surface area contributed by atoms with Crippen LogP contribution in [-0.4, -0.2) is 26.1 Å². The Morgan fingerprint density at radius 1 is 1.00 bits per heavy atom. The van der Waals surface area contributed by atoms with E-state index in [-0.39, 0.29) is 5.91 Å². The third kappa shape index (κ3) is 4.58. The van der Waals surface area contributed by atoms with Gasteiger partial charge in [-0.1, -0.05) is 59.8 Å². The number of carbonyl (C=O) groups excluding carboxylic acids is 1. The van der Waals surface area contributed by atoms with Crippen molar-refractivity contribution in [3.63, 3.8) is 0 Å². The summed E-state index contributed by atoms with van der Waals surface area (Å²) in [7, 11) is 0. The van der Waals surface area contributed by atoms with E-state index < -0.39 is 0 Å². The standard InChI is InChI=1S/C23H21N5OS/c1-16-8-13-21(17(2)14-16)24-22(29)19-11-9-18(10-12-19)15-30-23-25-26-27-28(23)20-6-4-3-5-7-20/h3-14H,15H2,1-2H3,(H,24,29). The summed E-state index contributed by atoms with van der Waals surface area (Å²) in [5.41, 5.74) is 5.68. The molecule has 150 valence electrons. The lowest BCUT2D eigenvalue weighted by molar-refractivity contribution is 0.102. The number of hydrogen-bond acceptors (Lipinski definition) is 5. The molecule has 6 nitrogen and oxygen atoms in total. The average molecular weight is 416 g/mol. The van der Waals surface area contributed by atoms with Crippen molar-refractivity contribution in [3.05, 3.63) is 95.1 Å². The molecule has 1 heterocycles. The molecule has 4 rings (SSSR count). The molecule has 7 heteroatoms. The number of rotatable bonds is 6. The maximum absolute atomic E-state index is 12.6. The van der Waals surface area contributed by atoms with E-state index in [9.17, 15) is 4.79 Å². The van der Waals surface area contributed by atoms with Gasteiger partial charge in [-0.25, -0.2) is 0 Å². The molecule has 0 aliphatic carbocycles. The summed E-state index contributed by atoms with van der Waals surface area (Å²) in [4.78, 5) is 12.6. The van der Waals surface area contributed by atoms with Crippen molar-refractivity contribution in [1.29, 1.82) is 0 Å². The number of para-hydroxylation sites is 1. The van der Waals surface area contributed by atoms with E-state index >= 15 is 0 Å². The second-order valence-electron chi connectivity index (χ2n) is 6.97. The SMILES string of the molecule is Cc1ccc(NC(=O)c2ccc(CSc3nnnn3-c3ccccc3)cc2)c(C)c1. The Hall–Kier alpha value is -3.45. The fourth-order valence-electron chi connectivity index (χ4n) is 3.05. The fraction of sp³-hybridized carbons (Fsp3) is 0.130. The lowest BCUT2D eigenvalue weighted by atomic mass is 10.1. The van der Waals surface area contributed by atoms with Crippen LogP contribution < -0.4 is 5.32 Å². The Morgan fingerprint density at radius 2 is 1.77 bits per heavy atom. The van der Waals surface area contributed by atoms with Gasteiger partial charge < -0.3 is 5.32 Å². The molecule has 0 spiro atoms. The first-order valence-corrected chi connectivity index (χ1v) is 10.5. The molecular formula is C23H21N5OS. The van der Waals surface area contributed by atoms with Gasteiger partial charge in [0.25, 0.3) is 5.91 Å². The van der Waals surface area contributed by atoms with Crippen molar-refractivity contribution >= 4 is 23.4 Å². The van der Waals surface area contributed by atoms with Crippen molar-refractivity contribution < 1.29 is 4.79 Å². The van der Waals surface area contributed by atoms with Gasteiger partial charge in [0.15, 0.2) is 0 Å². The highest BCUT2D eigenvalue weighted by atomic mass is 32.2. The molecule has 30 heavy (non-hydrogen) atoms. The Balaban J connectivity index is 1.40. The van der Waals surface area contributed by atoms with Crippen LogP contribution in [0.25, 0.3) is 5.69 Å². The molecule has 0 aliphatic heterocycles. The van der Waals surface area contributed by atoms with Gasteiger partial charge >= 0.3 is 0 Å². The summed E-state index contributed by atoms with van der Waals surface area (Å²) >= 11 is 1.55. The number of hydrogen-bond donors (Lipinski definition) is 1. The summed E-state index contributed by atoms with van der Waals surface area (Å²) in [6.45, 7) is 4.03. The van der Waals surface area contributed by atoms with E-state index in [2.05, 4.69) is 26.9 Å². The van der Waals surface area contributed by atoms with Crippen LogP contribution in [-0.2, 0) is 5.75 Å². The van der Waals surface area contributed by atoms with Gasteiger partial charge in [-0.05, 0) is 65.7 Å². The summed E-state index contributed by atoms with van der Waals surface area (Å²) < 4.78 is 1.72. The van der Waals surface area contributed by atoms with Gasteiger partial charge in [0.05, 0.1) is 5.69 Å². The number of carbonyl (C=O) groups is 1. The largest absolute Gasteiger partial charge is 0.322 e. The Morgan fingerprint density at radius 3 is 2.50 bits per heavy atom. The lowest BCUT2D eigenvalue weighted by Crippen LogP contribution is -2.12.